The van der Waals surface area contributed by atoms with Crippen molar-refractivity contribution >= 4 is 29.2 Å². The van der Waals surface area contributed by atoms with Crippen molar-refractivity contribution in [3.63, 3.8) is 0 Å². The van der Waals surface area contributed by atoms with Gasteiger partial charge in [0.1, 0.15) is 5.60 Å². The first-order valence-electron chi connectivity index (χ1n) is 16.3. The van der Waals surface area contributed by atoms with Crippen molar-refractivity contribution in [2.45, 2.75) is 90.2 Å². The van der Waals surface area contributed by atoms with Gasteiger partial charge < -0.3 is 35.1 Å². The first-order chi connectivity index (χ1) is 22.4. The third-order valence-electron chi connectivity index (χ3n) is 9.97. The summed E-state index contributed by atoms with van der Waals surface area (Å²) < 4.78 is 17.7. The highest BCUT2D eigenvalue weighted by atomic mass is 16.8. The average Bonchev–Trinajstić information content (AvgIpc) is 3.14. The maximum atomic E-state index is 12.9. The van der Waals surface area contributed by atoms with Crippen molar-refractivity contribution in [2.24, 2.45) is 23.7 Å². The Bertz CT molecular complexity index is 1600. The van der Waals surface area contributed by atoms with Crippen LogP contribution in [0.2, 0.25) is 0 Å². The van der Waals surface area contributed by atoms with E-state index in [-0.39, 0.29) is 42.4 Å². The van der Waals surface area contributed by atoms with Crippen LogP contribution in [0.4, 0.5) is 17.3 Å². The van der Waals surface area contributed by atoms with E-state index in [9.17, 15) is 19.8 Å². The van der Waals surface area contributed by atoms with Crippen LogP contribution in [-0.4, -0.2) is 61.0 Å². The second-order valence-electron chi connectivity index (χ2n) is 13.4. The van der Waals surface area contributed by atoms with Crippen LogP contribution in [0, 0.1) is 30.6 Å². The SMILES string of the molecule is Cc1ccc(NC(=O)CCC(=O)O[C@H]2O[C@@H]3OC(C)(O)CC[C@H]4[C@H](C)CC[C@@H]([C@H]2C)[C@@]34O)cc1Nc1nccc(-c2cccnc2)n1. The molecule has 3 fully saturated rings. The number of carbonyl (C=O) groups is 2. The Morgan fingerprint density at radius 3 is 2.68 bits per heavy atom. The number of benzene rings is 1. The highest BCUT2D eigenvalue weighted by Crippen LogP contribution is 2.55. The monoisotopic (exact) mass is 645 g/mol. The van der Waals surface area contributed by atoms with E-state index in [1.807, 2.05) is 32.0 Å². The Kier molecular flexibility index (Phi) is 9.30. The lowest BCUT2D eigenvalue weighted by Gasteiger charge is -2.57. The predicted octanol–water partition coefficient (Wildman–Crippen LogP) is 5.08. The van der Waals surface area contributed by atoms with Crippen molar-refractivity contribution in [3.8, 4) is 11.3 Å². The number of aryl methyl sites for hydroxylation is 1. The first-order valence-corrected chi connectivity index (χ1v) is 16.3. The lowest BCUT2D eigenvalue weighted by molar-refractivity contribution is -0.403. The van der Waals surface area contributed by atoms with E-state index in [2.05, 4.69) is 32.5 Å². The van der Waals surface area contributed by atoms with Crippen LogP contribution < -0.4 is 10.6 Å². The second-order valence-corrected chi connectivity index (χ2v) is 13.4. The van der Waals surface area contributed by atoms with Gasteiger partial charge in [-0.05, 0) is 80.8 Å². The number of anilines is 3. The molecule has 47 heavy (non-hydrogen) atoms. The van der Waals surface area contributed by atoms with E-state index in [1.54, 1.807) is 43.7 Å². The molecule has 0 bridgehead atoms. The third kappa shape index (κ3) is 7.01. The summed E-state index contributed by atoms with van der Waals surface area (Å²) in [5.74, 6) is -2.43. The number of ether oxygens (including phenoxy) is 3. The van der Waals surface area contributed by atoms with E-state index in [0.717, 1.165) is 29.7 Å². The van der Waals surface area contributed by atoms with Gasteiger partial charge in [-0.2, -0.15) is 0 Å². The number of aliphatic hydroxyl groups is 2. The zero-order valence-corrected chi connectivity index (χ0v) is 27.2. The van der Waals surface area contributed by atoms with Gasteiger partial charge in [0.25, 0.3) is 0 Å². The molecule has 8 atom stereocenters. The maximum Gasteiger partial charge on any atom is 0.308 e. The number of nitrogens with zero attached hydrogens (tertiary/aromatic N) is 3. The molecule has 1 amide bonds. The molecule has 1 aliphatic carbocycles. The summed E-state index contributed by atoms with van der Waals surface area (Å²) in [4.78, 5) is 38.9. The molecule has 12 nitrogen and oxygen atoms in total. The van der Waals surface area contributed by atoms with Gasteiger partial charge in [0.05, 0.1) is 12.1 Å². The Morgan fingerprint density at radius 1 is 1.06 bits per heavy atom. The van der Waals surface area contributed by atoms with Gasteiger partial charge in [0.2, 0.25) is 18.1 Å². The molecule has 0 spiro atoms. The van der Waals surface area contributed by atoms with Crippen LogP contribution in [0.1, 0.15) is 64.9 Å². The van der Waals surface area contributed by atoms with Gasteiger partial charge in [-0.25, -0.2) is 9.97 Å². The number of esters is 1. The van der Waals surface area contributed by atoms with Crippen LogP contribution >= 0.6 is 0 Å². The molecule has 0 radical (unpaired) electrons. The van der Waals surface area contributed by atoms with Crippen LogP contribution in [0.5, 0.6) is 0 Å². The molecule has 6 rings (SSSR count). The molecule has 4 heterocycles. The Morgan fingerprint density at radius 2 is 1.89 bits per heavy atom. The molecule has 12 heteroatoms. The molecule has 1 unspecified atom stereocenters. The maximum absolute atomic E-state index is 12.9. The van der Waals surface area contributed by atoms with Crippen molar-refractivity contribution < 1.29 is 34.0 Å². The standard InChI is InChI=1S/C35H43N5O7/c1-20-8-10-26-22(3)31(46-32-35(26,44)25(20)13-15-34(4,43)47-32)45-30(42)12-11-29(41)38-24-9-7-21(2)28(18-24)40-33-37-17-14-27(39-33)23-6-5-16-36-19-23/h5-7,9,14,16-20,22,25-26,31-32,43-44H,8,10-13,15H2,1-4H3,(H,38,41)(H,37,39,40)/t20-,22-,25+,26+,31+,32-,34?,35-/m1/s1. The van der Waals surface area contributed by atoms with E-state index in [4.69, 9.17) is 14.2 Å². The topological polar surface area (TPSA) is 165 Å². The molecule has 3 aliphatic rings. The van der Waals surface area contributed by atoms with Crippen molar-refractivity contribution in [1.82, 2.24) is 15.0 Å². The number of aromatic nitrogens is 3. The summed E-state index contributed by atoms with van der Waals surface area (Å²) in [6.07, 6.45) is 5.34. The van der Waals surface area contributed by atoms with Crippen LogP contribution in [-0.2, 0) is 23.8 Å². The normalized spacial score (nSPS) is 31.6. The minimum absolute atomic E-state index is 0.103. The lowest BCUT2D eigenvalue weighted by atomic mass is 9.58. The quantitative estimate of drug-likeness (QED) is 0.241. The van der Waals surface area contributed by atoms with Crippen LogP contribution in [0.15, 0.2) is 55.0 Å². The fourth-order valence-corrected chi connectivity index (χ4v) is 7.35. The largest absolute Gasteiger partial charge is 0.435 e. The molecule has 2 saturated heterocycles. The minimum atomic E-state index is -1.47. The molecule has 1 saturated carbocycles. The number of rotatable bonds is 8. The van der Waals surface area contributed by atoms with Crippen LogP contribution in [0.25, 0.3) is 11.3 Å². The molecule has 1 aromatic carbocycles. The zero-order valence-electron chi connectivity index (χ0n) is 27.2. The summed E-state index contributed by atoms with van der Waals surface area (Å²) >= 11 is 0. The van der Waals surface area contributed by atoms with E-state index in [1.165, 1.54) is 0 Å². The van der Waals surface area contributed by atoms with Crippen molar-refractivity contribution in [2.75, 3.05) is 10.6 Å². The predicted molar refractivity (Wildman–Crippen MR) is 173 cm³/mol. The highest BCUT2D eigenvalue weighted by molar-refractivity contribution is 5.93. The van der Waals surface area contributed by atoms with Crippen LogP contribution in [0.3, 0.4) is 0 Å². The van der Waals surface area contributed by atoms with Gasteiger partial charge in [0, 0.05) is 60.2 Å². The van der Waals surface area contributed by atoms with Gasteiger partial charge in [-0.15, -0.1) is 0 Å². The Hall–Kier alpha value is -3.97. The second kappa shape index (κ2) is 13.3. The molecule has 2 aliphatic heterocycles. The first kappa shape index (κ1) is 33.0. The molecular weight excluding hydrogens is 602 g/mol. The molecule has 250 valence electrons. The number of nitrogens with one attached hydrogen (secondary N) is 2. The van der Waals surface area contributed by atoms with E-state index >= 15 is 0 Å². The fourth-order valence-electron chi connectivity index (χ4n) is 7.35. The Labute approximate surface area is 274 Å². The van der Waals surface area contributed by atoms with Gasteiger partial charge in [0.15, 0.2) is 12.1 Å². The highest BCUT2D eigenvalue weighted by Gasteiger charge is 2.64. The summed E-state index contributed by atoms with van der Waals surface area (Å²) in [5.41, 5.74) is 2.47. The van der Waals surface area contributed by atoms with Crippen molar-refractivity contribution in [1.29, 1.82) is 0 Å². The number of pyridine rings is 1. The van der Waals surface area contributed by atoms with Gasteiger partial charge >= 0.3 is 5.97 Å². The number of hydrogen-bond acceptors (Lipinski definition) is 11. The third-order valence-corrected chi connectivity index (χ3v) is 9.97. The number of hydrogen-bond donors (Lipinski definition) is 4. The number of carbonyl (C=O) groups excluding carboxylic acids is 2. The van der Waals surface area contributed by atoms with Gasteiger partial charge in [-0.1, -0.05) is 19.9 Å². The summed E-state index contributed by atoms with van der Waals surface area (Å²) in [7, 11) is 0. The zero-order chi connectivity index (χ0) is 33.3. The molecule has 3 aromatic rings. The molecule has 2 aromatic heterocycles. The smallest absolute Gasteiger partial charge is 0.308 e. The lowest BCUT2D eigenvalue weighted by Crippen LogP contribution is -2.67. The van der Waals surface area contributed by atoms with E-state index < -0.39 is 29.9 Å². The summed E-state index contributed by atoms with van der Waals surface area (Å²) in [6, 6.07) is 11.0. The fraction of sp³-hybridized carbons (Fsp3) is 0.514. The average molecular weight is 646 g/mol. The minimum Gasteiger partial charge on any atom is -0.435 e. The summed E-state index contributed by atoms with van der Waals surface area (Å²) in [5, 5.41) is 28.9. The van der Waals surface area contributed by atoms with Gasteiger partial charge in [-0.3, -0.25) is 14.6 Å². The summed E-state index contributed by atoms with van der Waals surface area (Å²) in [6.45, 7) is 7.52. The van der Waals surface area contributed by atoms with Crippen molar-refractivity contribution in [3.05, 3.63) is 60.6 Å². The molecular formula is C35H43N5O7. The number of amides is 1. The molecule has 4 N–H and O–H groups in total. The Balaban J connectivity index is 1.05. The van der Waals surface area contributed by atoms with E-state index in [0.29, 0.717) is 30.2 Å².